The van der Waals surface area contributed by atoms with Crippen LogP contribution in [-0.4, -0.2) is 16.5 Å². The van der Waals surface area contributed by atoms with Gasteiger partial charge in [-0.1, -0.05) is 0 Å². The molecule has 0 saturated carbocycles. The van der Waals surface area contributed by atoms with Gasteiger partial charge in [0.25, 0.3) is 5.56 Å². The van der Waals surface area contributed by atoms with E-state index in [9.17, 15) is 22.8 Å². The molecule has 0 unspecified atom stereocenters. The Morgan fingerprint density at radius 1 is 1.44 bits per heavy atom. The van der Waals surface area contributed by atoms with Gasteiger partial charge in [-0.3, -0.25) is 9.59 Å². The SMILES string of the molecule is CC(C)NC(=O)Cn1cccc(C(F)(F)F)c1=O. The van der Waals surface area contributed by atoms with E-state index in [0.717, 1.165) is 16.8 Å². The highest BCUT2D eigenvalue weighted by Gasteiger charge is 2.34. The lowest BCUT2D eigenvalue weighted by atomic mass is 10.2. The monoisotopic (exact) mass is 262 g/mol. The molecule has 0 radical (unpaired) electrons. The first kappa shape index (κ1) is 14.3. The molecule has 1 heterocycles. The highest BCUT2D eigenvalue weighted by atomic mass is 19.4. The van der Waals surface area contributed by atoms with Crippen molar-refractivity contribution in [3.8, 4) is 0 Å². The van der Waals surface area contributed by atoms with Crippen molar-refractivity contribution in [2.75, 3.05) is 0 Å². The molecule has 18 heavy (non-hydrogen) atoms. The molecule has 0 spiro atoms. The normalized spacial score (nSPS) is 11.7. The number of hydrogen-bond donors (Lipinski definition) is 1. The number of alkyl halides is 3. The van der Waals surface area contributed by atoms with Crippen LogP contribution in [0, 0.1) is 0 Å². The molecule has 1 rings (SSSR count). The fraction of sp³-hybridized carbons (Fsp3) is 0.455. The molecule has 4 nitrogen and oxygen atoms in total. The van der Waals surface area contributed by atoms with Crippen molar-refractivity contribution in [2.45, 2.75) is 32.6 Å². The van der Waals surface area contributed by atoms with Crippen LogP contribution in [0.25, 0.3) is 0 Å². The highest BCUT2D eigenvalue weighted by molar-refractivity contribution is 5.75. The molecule has 0 aliphatic carbocycles. The second-order valence-corrected chi connectivity index (χ2v) is 4.07. The number of halogens is 3. The summed E-state index contributed by atoms with van der Waals surface area (Å²) in [5, 5.41) is 2.50. The minimum Gasteiger partial charge on any atom is -0.352 e. The van der Waals surface area contributed by atoms with E-state index in [1.165, 1.54) is 0 Å². The number of nitrogens with zero attached hydrogens (tertiary/aromatic N) is 1. The van der Waals surface area contributed by atoms with Crippen LogP contribution in [0.5, 0.6) is 0 Å². The predicted molar refractivity (Wildman–Crippen MR) is 59.0 cm³/mol. The molecule has 7 heteroatoms. The van der Waals surface area contributed by atoms with E-state index in [2.05, 4.69) is 5.32 Å². The number of hydrogen-bond acceptors (Lipinski definition) is 2. The van der Waals surface area contributed by atoms with Crippen molar-refractivity contribution in [2.24, 2.45) is 0 Å². The molecule has 0 fully saturated rings. The maximum absolute atomic E-state index is 12.5. The average Bonchev–Trinajstić information content (AvgIpc) is 2.18. The van der Waals surface area contributed by atoms with Crippen molar-refractivity contribution in [1.29, 1.82) is 0 Å². The van der Waals surface area contributed by atoms with Crippen molar-refractivity contribution in [1.82, 2.24) is 9.88 Å². The van der Waals surface area contributed by atoms with Crippen molar-refractivity contribution in [3.05, 3.63) is 34.2 Å². The van der Waals surface area contributed by atoms with Crippen molar-refractivity contribution in [3.63, 3.8) is 0 Å². The van der Waals surface area contributed by atoms with Crippen LogP contribution in [0.4, 0.5) is 13.2 Å². The number of carbonyl (C=O) groups excluding carboxylic acids is 1. The van der Waals surface area contributed by atoms with Gasteiger partial charge in [0.1, 0.15) is 12.1 Å². The lowest BCUT2D eigenvalue weighted by Crippen LogP contribution is -2.37. The Morgan fingerprint density at radius 2 is 2.06 bits per heavy atom. The molecule has 1 N–H and O–H groups in total. The Balaban J connectivity index is 2.99. The van der Waals surface area contributed by atoms with E-state index < -0.39 is 29.8 Å². The zero-order valence-electron chi connectivity index (χ0n) is 9.91. The van der Waals surface area contributed by atoms with Gasteiger partial charge in [-0.2, -0.15) is 13.2 Å². The molecule has 0 atom stereocenters. The van der Waals surface area contributed by atoms with E-state index >= 15 is 0 Å². The number of nitrogens with one attached hydrogen (secondary N) is 1. The standard InChI is InChI=1S/C11H13F3N2O2/c1-7(2)15-9(17)6-16-5-3-4-8(10(16)18)11(12,13)14/h3-5,7H,6H2,1-2H3,(H,15,17). The summed E-state index contributed by atoms with van der Waals surface area (Å²) in [5.41, 5.74) is -2.49. The summed E-state index contributed by atoms with van der Waals surface area (Å²) in [4.78, 5) is 22.9. The summed E-state index contributed by atoms with van der Waals surface area (Å²) in [5.74, 6) is -0.508. The summed E-state index contributed by atoms with van der Waals surface area (Å²) in [7, 11) is 0. The topological polar surface area (TPSA) is 51.1 Å². The summed E-state index contributed by atoms with van der Waals surface area (Å²) >= 11 is 0. The Bertz CT molecular complexity index is 492. The fourth-order valence-corrected chi connectivity index (χ4v) is 1.40. The lowest BCUT2D eigenvalue weighted by molar-refractivity contribution is -0.139. The molecule has 1 amide bonds. The van der Waals surface area contributed by atoms with Gasteiger partial charge in [0.2, 0.25) is 5.91 Å². The molecule has 100 valence electrons. The van der Waals surface area contributed by atoms with Crippen LogP contribution >= 0.6 is 0 Å². The first-order valence-corrected chi connectivity index (χ1v) is 5.28. The van der Waals surface area contributed by atoms with Gasteiger partial charge in [-0.25, -0.2) is 0 Å². The predicted octanol–water partition coefficient (Wildman–Crippen LogP) is 1.39. The molecular weight excluding hydrogens is 249 g/mol. The smallest absolute Gasteiger partial charge is 0.352 e. The molecule has 0 aliphatic heterocycles. The average molecular weight is 262 g/mol. The summed E-state index contributed by atoms with van der Waals surface area (Å²) < 4.78 is 38.1. The van der Waals surface area contributed by atoms with E-state index in [0.29, 0.717) is 6.07 Å². The Morgan fingerprint density at radius 3 is 2.56 bits per heavy atom. The summed E-state index contributed by atoms with van der Waals surface area (Å²) in [6, 6.07) is 1.64. The lowest BCUT2D eigenvalue weighted by Gasteiger charge is -2.11. The zero-order chi connectivity index (χ0) is 13.9. The van der Waals surface area contributed by atoms with Gasteiger partial charge >= 0.3 is 6.18 Å². The summed E-state index contributed by atoms with van der Waals surface area (Å²) in [6.45, 7) is 3.00. The van der Waals surface area contributed by atoms with Crippen molar-refractivity contribution < 1.29 is 18.0 Å². The van der Waals surface area contributed by atoms with Gasteiger partial charge < -0.3 is 9.88 Å². The second-order valence-electron chi connectivity index (χ2n) is 4.07. The van der Waals surface area contributed by atoms with Gasteiger partial charge in [0.05, 0.1) is 0 Å². The zero-order valence-corrected chi connectivity index (χ0v) is 9.91. The fourth-order valence-electron chi connectivity index (χ4n) is 1.40. The minimum absolute atomic E-state index is 0.140. The van der Waals surface area contributed by atoms with Gasteiger partial charge in [0, 0.05) is 12.2 Å². The number of rotatable bonds is 3. The van der Waals surface area contributed by atoms with Crippen LogP contribution in [0.15, 0.2) is 23.1 Å². The third-order valence-corrected chi connectivity index (χ3v) is 2.09. The van der Waals surface area contributed by atoms with Gasteiger partial charge in [0.15, 0.2) is 0 Å². The quantitative estimate of drug-likeness (QED) is 0.895. The minimum atomic E-state index is -4.71. The third-order valence-electron chi connectivity index (χ3n) is 2.09. The van der Waals surface area contributed by atoms with Crippen LogP contribution in [0.2, 0.25) is 0 Å². The highest BCUT2D eigenvalue weighted by Crippen LogP contribution is 2.25. The van der Waals surface area contributed by atoms with Gasteiger partial charge in [-0.15, -0.1) is 0 Å². The molecule has 1 aromatic heterocycles. The number of pyridine rings is 1. The maximum Gasteiger partial charge on any atom is 0.421 e. The van der Waals surface area contributed by atoms with E-state index in [1.54, 1.807) is 13.8 Å². The summed E-state index contributed by atoms with van der Waals surface area (Å²) in [6.07, 6.45) is -3.56. The van der Waals surface area contributed by atoms with E-state index in [4.69, 9.17) is 0 Å². The van der Waals surface area contributed by atoms with Crippen LogP contribution < -0.4 is 10.9 Å². The maximum atomic E-state index is 12.5. The second kappa shape index (κ2) is 5.24. The first-order chi connectivity index (χ1) is 8.21. The molecule has 1 aromatic rings. The molecular formula is C11H13F3N2O2. The number of amides is 1. The van der Waals surface area contributed by atoms with Gasteiger partial charge in [-0.05, 0) is 26.0 Å². The first-order valence-electron chi connectivity index (χ1n) is 5.28. The number of carbonyl (C=O) groups is 1. The molecule has 0 saturated heterocycles. The molecule has 0 bridgehead atoms. The van der Waals surface area contributed by atoms with Crippen LogP contribution in [0.3, 0.4) is 0 Å². The molecule has 0 aliphatic rings. The Kier molecular flexibility index (Phi) is 4.15. The van der Waals surface area contributed by atoms with Crippen LogP contribution in [0.1, 0.15) is 19.4 Å². The molecule has 0 aromatic carbocycles. The Labute approximate surface area is 101 Å². The van der Waals surface area contributed by atoms with E-state index in [-0.39, 0.29) is 6.04 Å². The van der Waals surface area contributed by atoms with Crippen molar-refractivity contribution >= 4 is 5.91 Å². The third kappa shape index (κ3) is 3.61. The van der Waals surface area contributed by atoms with E-state index in [1.807, 2.05) is 0 Å². The number of aromatic nitrogens is 1. The Hall–Kier alpha value is -1.79. The largest absolute Gasteiger partial charge is 0.421 e. The van der Waals surface area contributed by atoms with Crippen LogP contribution in [-0.2, 0) is 17.5 Å².